The Labute approximate surface area is 152 Å². The zero-order valence-corrected chi connectivity index (χ0v) is 14.9. The summed E-state index contributed by atoms with van der Waals surface area (Å²) in [6.07, 6.45) is 0. The summed E-state index contributed by atoms with van der Waals surface area (Å²) in [5.74, 6) is 0.364. The highest BCUT2D eigenvalue weighted by Crippen LogP contribution is 2.20. The SMILES string of the molecule is CC(=O)c1ccc(OCC(=O)NC(C)c2ccc3ccccc3c2)cc1. The Hall–Kier alpha value is -3.14. The van der Waals surface area contributed by atoms with Crippen molar-refractivity contribution in [2.75, 3.05) is 6.61 Å². The molecule has 1 unspecified atom stereocenters. The van der Waals surface area contributed by atoms with Crippen molar-refractivity contribution < 1.29 is 14.3 Å². The van der Waals surface area contributed by atoms with Crippen LogP contribution in [0.1, 0.15) is 35.8 Å². The van der Waals surface area contributed by atoms with Crippen LogP contribution in [0.2, 0.25) is 0 Å². The van der Waals surface area contributed by atoms with Crippen LogP contribution in [0.4, 0.5) is 0 Å². The first-order valence-electron chi connectivity index (χ1n) is 8.55. The minimum Gasteiger partial charge on any atom is -0.484 e. The van der Waals surface area contributed by atoms with Crippen LogP contribution in [0.5, 0.6) is 5.75 Å². The lowest BCUT2D eigenvalue weighted by Crippen LogP contribution is -2.31. The standard InChI is InChI=1S/C22H21NO3/c1-15(19-8-7-18-5-3-4-6-20(18)13-19)23-22(25)14-26-21-11-9-17(10-12-21)16(2)24/h3-13,15H,14H2,1-2H3,(H,23,25). The molecule has 0 fully saturated rings. The molecule has 1 N–H and O–H groups in total. The highest BCUT2D eigenvalue weighted by molar-refractivity contribution is 5.94. The highest BCUT2D eigenvalue weighted by Gasteiger charge is 2.11. The minimum atomic E-state index is -0.193. The third kappa shape index (κ3) is 4.28. The zero-order valence-electron chi connectivity index (χ0n) is 14.9. The Kier molecular flexibility index (Phi) is 5.32. The average molecular weight is 347 g/mol. The van der Waals surface area contributed by atoms with Crippen molar-refractivity contribution in [1.29, 1.82) is 0 Å². The molecule has 1 atom stereocenters. The summed E-state index contributed by atoms with van der Waals surface area (Å²) in [4.78, 5) is 23.4. The van der Waals surface area contributed by atoms with Crippen LogP contribution in [-0.4, -0.2) is 18.3 Å². The van der Waals surface area contributed by atoms with E-state index in [0.29, 0.717) is 11.3 Å². The molecule has 0 saturated heterocycles. The fourth-order valence-corrected chi connectivity index (χ4v) is 2.78. The second-order valence-corrected chi connectivity index (χ2v) is 6.27. The molecular formula is C22H21NO3. The third-order valence-corrected chi connectivity index (χ3v) is 4.28. The van der Waals surface area contributed by atoms with Crippen LogP contribution < -0.4 is 10.1 Å². The van der Waals surface area contributed by atoms with Crippen LogP contribution in [0.15, 0.2) is 66.7 Å². The van der Waals surface area contributed by atoms with Crippen LogP contribution >= 0.6 is 0 Å². The van der Waals surface area contributed by atoms with E-state index in [1.54, 1.807) is 24.3 Å². The van der Waals surface area contributed by atoms with E-state index < -0.39 is 0 Å². The van der Waals surface area contributed by atoms with Crippen molar-refractivity contribution in [3.05, 3.63) is 77.9 Å². The molecule has 0 aliphatic carbocycles. The molecule has 0 aliphatic rings. The number of carbonyl (C=O) groups excluding carboxylic acids is 2. The molecule has 132 valence electrons. The number of hydrogen-bond donors (Lipinski definition) is 1. The van der Waals surface area contributed by atoms with Crippen molar-refractivity contribution in [1.82, 2.24) is 5.32 Å². The number of Topliss-reactive ketones (excluding diaryl/α,β-unsaturated/α-hetero) is 1. The molecular weight excluding hydrogens is 326 g/mol. The maximum atomic E-state index is 12.1. The lowest BCUT2D eigenvalue weighted by Gasteiger charge is -2.15. The monoisotopic (exact) mass is 347 g/mol. The van der Waals surface area contributed by atoms with Crippen molar-refractivity contribution in [2.45, 2.75) is 19.9 Å². The normalized spacial score (nSPS) is 11.8. The van der Waals surface area contributed by atoms with Gasteiger partial charge in [-0.25, -0.2) is 0 Å². The number of fused-ring (bicyclic) bond motifs is 1. The number of benzene rings is 3. The largest absolute Gasteiger partial charge is 0.484 e. The Morgan fingerprint density at radius 1 is 0.962 bits per heavy atom. The second-order valence-electron chi connectivity index (χ2n) is 6.27. The highest BCUT2D eigenvalue weighted by atomic mass is 16.5. The molecule has 3 aromatic rings. The van der Waals surface area contributed by atoms with E-state index in [9.17, 15) is 9.59 Å². The number of nitrogens with one attached hydrogen (secondary N) is 1. The van der Waals surface area contributed by atoms with Gasteiger partial charge in [0.05, 0.1) is 6.04 Å². The molecule has 0 aromatic heterocycles. The quantitative estimate of drug-likeness (QED) is 0.677. The molecule has 1 amide bonds. The number of ether oxygens (including phenoxy) is 1. The lowest BCUT2D eigenvalue weighted by atomic mass is 10.0. The van der Waals surface area contributed by atoms with Gasteiger partial charge in [-0.2, -0.15) is 0 Å². The number of hydrogen-bond acceptors (Lipinski definition) is 3. The van der Waals surface area contributed by atoms with Gasteiger partial charge in [0.1, 0.15) is 5.75 Å². The summed E-state index contributed by atoms with van der Waals surface area (Å²) in [5, 5.41) is 5.26. The van der Waals surface area contributed by atoms with E-state index >= 15 is 0 Å². The van der Waals surface area contributed by atoms with Crippen molar-refractivity contribution >= 4 is 22.5 Å². The number of ketones is 1. The predicted molar refractivity (Wildman–Crippen MR) is 102 cm³/mol. The molecule has 3 rings (SSSR count). The third-order valence-electron chi connectivity index (χ3n) is 4.28. The molecule has 0 spiro atoms. The summed E-state index contributed by atoms with van der Waals surface area (Å²) >= 11 is 0. The summed E-state index contributed by atoms with van der Waals surface area (Å²) in [6.45, 7) is 3.39. The van der Waals surface area contributed by atoms with Gasteiger partial charge >= 0.3 is 0 Å². The fourth-order valence-electron chi connectivity index (χ4n) is 2.78. The first kappa shape index (κ1) is 17.7. The molecule has 0 saturated carbocycles. The summed E-state index contributed by atoms with van der Waals surface area (Å²) in [6, 6.07) is 20.9. The van der Waals surface area contributed by atoms with Crippen LogP contribution in [0.3, 0.4) is 0 Å². The Bertz CT molecular complexity index is 932. The van der Waals surface area contributed by atoms with E-state index in [-0.39, 0.29) is 24.3 Å². The van der Waals surface area contributed by atoms with Gasteiger partial charge in [-0.3, -0.25) is 9.59 Å². The van der Waals surface area contributed by atoms with Gasteiger partial charge in [0.25, 0.3) is 5.91 Å². The second kappa shape index (κ2) is 7.83. The summed E-state index contributed by atoms with van der Waals surface area (Å²) < 4.78 is 5.49. The minimum absolute atomic E-state index is 0.00139. The first-order chi connectivity index (χ1) is 12.5. The van der Waals surface area contributed by atoms with Gasteiger partial charge in [0.2, 0.25) is 0 Å². The maximum Gasteiger partial charge on any atom is 0.258 e. The average Bonchev–Trinajstić information content (AvgIpc) is 2.66. The van der Waals surface area contributed by atoms with Crippen LogP contribution in [-0.2, 0) is 4.79 Å². The molecule has 0 aliphatic heterocycles. The smallest absolute Gasteiger partial charge is 0.258 e. The molecule has 3 aromatic carbocycles. The molecule has 26 heavy (non-hydrogen) atoms. The molecule has 0 heterocycles. The van der Waals surface area contributed by atoms with Gasteiger partial charge in [-0.15, -0.1) is 0 Å². The predicted octanol–water partition coefficient (Wildman–Crippen LogP) is 4.30. The maximum absolute atomic E-state index is 12.1. The van der Waals surface area contributed by atoms with Crippen molar-refractivity contribution in [3.63, 3.8) is 0 Å². The zero-order chi connectivity index (χ0) is 18.5. The number of amides is 1. The van der Waals surface area contributed by atoms with E-state index in [4.69, 9.17) is 4.74 Å². The van der Waals surface area contributed by atoms with Crippen LogP contribution in [0.25, 0.3) is 10.8 Å². The number of rotatable bonds is 6. The molecule has 0 radical (unpaired) electrons. The Morgan fingerprint density at radius 3 is 2.35 bits per heavy atom. The Morgan fingerprint density at radius 2 is 1.65 bits per heavy atom. The van der Waals surface area contributed by atoms with Crippen LogP contribution in [0, 0.1) is 0 Å². The van der Waals surface area contributed by atoms with E-state index in [1.807, 2.05) is 25.1 Å². The molecule has 0 bridgehead atoms. The van der Waals surface area contributed by atoms with Gasteiger partial charge in [0, 0.05) is 5.56 Å². The van der Waals surface area contributed by atoms with Gasteiger partial charge in [-0.05, 0) is 60.5 Å². The molecule has 4 nitrogen and oxygen atoms in total. The topological polar surface area (TPSA) is 55.4 Å². The Balaban J connectivity index is 1.57. The molecule has 4 heteroatoms. The summed E-state index contributed by atoms with van der Waals surface area (Å²) in [5.41, 5.74) is 1.66. The lowest BCUT2D eigenvalue weighted by molar-refractivity contribution is -0.123. The van der Waals surface area contributed by atoms with Gasteiger partial charge < -0.3 is 10.1 Å². The van der Waals surface area contributed by atoms with Gasteiger partial charge in [0.15, 0.2) is 12.4 Å². The number of carbonyl (C=O) groups is 2. The van der Waals surface area contributed by atoms with E-state index in [1.165, 1.54) is 12.3 Å². The summed E-state index contributed by atoms with van der Waals surface area (Å²) in [7, 11) is 0. The fraction of sp³-hybridized carbons (Fsp3) is 0.182. The van der Waals surface area contributed by atoms with Crippen molar-refractivity contribution in [2.24, 2.45) is 0 Å². The van der Waals surface area contributed by atoms with E-state index in [2.05, 4.69) is 29.6 Å². The van der Waals surface area contributed by atoms with Gasteiger partial charge in [-0.1, -0.05) is 36.4 Å². The van der Waals surface area contributed by atoms with Crippen molar-refractivity contribution in [3.8, 4) is 5.75 Å². The van der Waals surface area contributed by atoms with E-state index in [0.717, 1.165) is 10.9 Å². The first-order valence-corrected chi connectivity index (χ1v) is 8.55.